The van der Waals surface area contributed by atoms with Crippen molar-refractivity contribution in [3.05, 3.63) is 30.3 Å². The van der Waals surface area contributed by atoms with Gasteiger partial charge in [-0.1, -0.05) is 18.2 Å². The Kier molecular flexibility index (Phi) is 5.88. The Bertz CT molecular complexity index is 240. The van der Waals surface area contributed by atoms with Crippen LogP contribution in [0.4, 0.5) is 5.69 Å². The first-order valence-electron chi connectivity index (χ1n) is 4.74. The maximum absolute atomic E-state index is 5.60. The molecule has 0 aliphatic carbocycles. The van der Waals surface area contributed by atoms with Crippen molar-refractivity contribution in [3.63, 3.8) is 0 Å². The SMILES string of the molecule is CN(CCSCCCl)c1ccccc1. The molecule has 1 aromatic carbocycles. The van der Waals surface area contributed by atoms with E-state index >= 15 is 0 Å². The highest BCUT2D eigenvalue weighted by Gasteiger charge is 1.98. The molecule has 0 fully saturated rings. The van der Waals surface area contributed by atoms with Crippen LogP contribution in [-0.2, 0) is 0 Å². The minimum atomic E-state index is 0.750. The van der Waals surface area contributed by atoms with E-state index in [-0.39, 0.29) is 0 Å². The van der Waals surface area contributed by atoms with Gasteiger partial charge in [0.05, 0.1) is 0 Å². The minimum absolute atomic E-state index is 0.750. The van der Waals surface area contributed by atoms with Crippen LogP contribution in [0.1, 0.15) is 0 Å². The molecule has 0 bridgehead atoms. The number of anilines is 1. The molecule has 1 aromatic rings. The number of thioether (sulfide) groups is 1. The second-order valence-corrected chi connectivity index (χ2v) is 4.66. The molecule has 0 radical (unpaired) electrons. The van der Waals surface area contributed by atoms with Gasteiger partial charge in [0.25, 0.3) is 0 Å². The zero-order chi connectivity index (χ0) is 10.2. The molecule has 0 spiro atoms. The van der Waals surface area contributed by atoms with Gasteiger partial charge < -0.3 is 4.90 Å². The molecular weight excluding hydrogens is 214 g/mol. The smallest absolute Gasteiger partial charge is 0.0363 e. The highest BCUT2D eigenvalue weighted by Crippen LogP contribution is 2.11. The number of hydrogen-bond acceptors (Lipinski definition) is 2. The third kappa shape index (κ3) is 4.25. The first-order valence-corrected chi connectivity index (χ1v) is 6.43. The van der Waals surface area contributed by atoms with Gasteiger partial charge in [0.15, 0.2) is 0 Å². The van der Waals surface area contributed by atoms with E-state index in [1.54, 1.807) is 0 Å². The van der Waals surface area contributed by atoms with Crippen molar-refractivity contribution < 1.29 is 0 Å². The van der Waals surface area contributed by atoms with Crippen LogP contribution in [0.25, 0.3) is 0 Å². The van der Waals surface area contributed by atoms with E-state index in [0.29, 0.717) is 0 Å². The molecule has 0 atom stereocenters. The lowest BCUT2D eigenvalue weighted by molar-refractivity contribution is 0.977. The van der Waals surface area contributed by atoms with Gasteiger partial charge in [0, 0.05) is 36.7 Å². The van der Waals surface area contributed by atoms with Gasteiger partial charge in [-0.05, 0) is 12.1 Å². The molecule has 0 saturated carbocycles. The van der Waals surface area contributed by atoms with Crippen molar-refractivity contribution in [1.82, 2.24) is 0 Å². The van der Waals surface area contributed by atoms with E-state index in [1.165, 1.54) is 5.69 Å². The fourth-order valence-corrected chi connectivity index (χ4v) is 2.21. The van der Waals surface area contributed by atoms with Gasteiger partial charge in [0.2, 0.25) is 0 Å². The van der Waals surface area contributed by atoms with E-state index in [9.17, 15) is 0 Å². The van der Waals surface area contributed by atoms with Crippen molar-refractivity contribution in [2.45, 2.75) is 0 Å². The van der Waals surface area contributed by atoms with E-state index in [0.717, 1.165) is 23.9 Å². The number of nitrogens with zero attached hydrogens (tertiary/aromatic N) is 1. The molecule has 0 aliphatic heterocycles. The summed E-state index contributed by atoms with van der Waals surface area (Å²) in [4.78, 5) is 2.27. The summed E-state index contributed by atoms with van der Waals surface area (Å²) in [7, 11) is 2.12. The van der Waals surface area contributed by atoms with E-state index < -0.39 is 0 Å². The molecule has 1 nitrogen and oxygen atoms in total. The first-order chi connectivity index (χ1) is 6.84. The Morgan fingerprint density at radius 1 is 1.21 bits per heavy atom. The van der Waals surface area contributed by atoms with Crippen LogP contribution in [0.15, 0.2) is 30.3 Å². The number of halogens is 1. The van der Waals surface area contributed by atoms with Gasteiger partial charge in [-0.25, -0.2) is 0 Å². The second-order valence-electron chi connectivity index (χ2n) is 3.06. The monoisotopic (exact) mass is 229 g/mol. The van der Waals surface area contributed by atoms with Gasteiger partial charge in [-0.2, -0.15) is 11.8 Å². The van der Waals surface area contributed by atoms with Gasteiger partial charge in [0.1, 0.15) is 0 Å². The summed E-state index contributed by atoms with van der Waals surface area (Å²) in [6.45, 7) is 1.07. The number of para-hydroxylation sites is 1. The Balaban J connectivity index is 2.25. The molecule has 1 rings (SSSR count). The number of alkyl halides is 1. The van der Waals surface area contributed by atoms with Crippen LogP contribution >= 0.6 is 23.4 Å². The number of benzene rings is 1. The van der Waals surface area contributed by atoms with Crippen molar-refractivity contribution >= 4 is 29.1 Å². The third-order valence-corrected chi connectivity index (χ3v) is 3.37. The van der Waals surface area contributed by atoms with E-state index in [1.807, 2.05) is 17.8 Å². The highest BCUT2D eigenvalue weighted by atomic mass is 35.5. The first kappa shape index (κ1) is 11.7. The zero-order valence-corrected chi connectivity index (χ0v) is 10.0. The Hall–Kier alpha value is -0.340. The Labute approximate surface area is 95.4 Å². The molecular formula is C11H16ClNS. The fraction of sp³-hybridized carbons (Fsp3) is 0.455. The molecule has 0 unspecified atom stereocenters. The van der Waals surface area contributed by atoms with Crippen molar-refractivity contribution in [3.8, 4) is 0 Å². The summed E-state index contributed by atoms with van der Waals surface area (Å²) in [5.41, 5.74) is 1.28. The molecule has 3 heteroatoms. The molecule has 0 aromatic heterocycles. The fourth-order valence-electron chi connectivity index (χ4n) is 1.17. The Morgan fingerprint density at radius 2 is 1.93 bits per heavy atom. The molecule has 78 valence electrons. The quantitative estimate of drug-likeness (QED) is 0.545. The molecule has 14 heavy (non-hydrogen) atoms. The summed E-state index contributed by atoms with van der Waals surface area (Å²) in [5.74, 6) is 2.93. The molecule has 0 heterocycles. The minimum Gasteiger partial charge on any atom is -0.374 e. The predicted molar refractivity (Wildman–Crippen MR) is 67.8 cm³/mol. The third-order valence-electron chi connectivity index (χ3n) is 1.99. The van der Waals surface area contributed by atoms with E-state index in [2.05, 4.69) is 36.2 Å². The lowest BCUT2D eigenvalue weighted by Crippen LogP contribution is -2.20. The van der Waals surface area contributed by atoms with E-state index in [4.69, 9.17) is 11.6 Å². The van der Waals surface area contributed by atoms with Crippen molar-refractivity contribution in [1.29, 1.82) is 0 Å². The van der Waals surface area contributed by atoms with Crippen LogP contribution in [0, 0.1) is 0 Å². The van der Waals surface area contributed by atoms with Gasteiger partial charge in [-0.15, -0.1) is 11.6 Å². The molecule has 0 saturated heterocycles. The highest BCUT2D eigenvalue weighted by molar-refractivity contribution is 7.99. The van der Waals surface area contributed by atoms with Crippen LogP contribution in [-0.4, -0.2) is 31.0 Å². The molecule has 0 aliphatic rings. The average molecular weight is 230 g/mol. The summed E-state index contributed by atoms with van der Waals surface area (Å²) in [5, 5.41) is 0. The van der Waals surface area contributed by atoms with Crippen LogP contribution in [0.2, 0.25) is 0 Å². The lowest BCUT2D eigenvalue weighted by Gasteiger charge is -2.18. The topological polar surface area (TPSA) is 3.24 Å². The van der Waals surface area contributed by atoms with Gasteiger partial charge in [-0.3, -0.25) is 0 Å². The summed E-state index contributed by atoms with van der Waals surface area (Å²) in [6.07, 6.45) is 0. The predicted octanol–water partition coefficient (Wildman–Crippen LogP) is 3.09. The normalized spacial score (nSPS) is 10.1. The number of rotatable bonds is 6. The van der Waals surface area contributed by atoms with Crippen LogP contribution in [0.3, 0.4) is 0 Å². The van der Waals surface area contributed by atoms with Crippen molar-refractivity contribution in [2.24, 2.45) is 0 Å². The largest absolute Gasteiger partial charge is 0.374 e. The molecule has 0 N–H and O–H groups in total. The second kappa shape index (κ2) is 7.02. The zero-order valence-electron chi connectivity index (χ0n) is 8.45. The van der Waals surface area contributed by atoms with Crippen LogP contribution in [0.5, 0.6) is 0 Å². The number of hydrogen-bond donors (Lipinski definition) is 0. The molecule has 0 amide bonds. The maximum Gasteiger partial charge on any atom is 0.0363 e. The lowest BCUT2D eigenvalue weighted by atomic mass is 10.3. The summed E-state index contributed by atoms with van der Waals surface area (Å²) in [6, 6.07) is 10.4. The summed E-state index contributed by atoms with van der Waals surface area (Å²) < 4.78 is 0. The standard InChI is InChI=1S/C11H16ClNS/c1-13(8-10-14-9-7-12)11-5-3-2-4-6-11/h2-6H,7-10H2,1H3. The van der Waals surface area contributed by atoms with Gasteiger partial charge >= 0.3 is 0 Å². The summed E-state index contributed by atoms with van der Waals surface area (Å²) >= 11 is 7.50. The average Bonchev–Trinajstić information content (AvgIpc) is 2.25. The van der Waals surface area contributed by atoms with Crippen LogP contribution < -0.4 is 4.90 Å². The van der Waals surface area contributed by atoms with Crippen molar-refractivity contribution in [2.75, 3.05) is 35.9 Å². The maximum atomic E-state index is 5.60. The Morgan fingerprint density at radius 3 is 2.57 bits per heavy atom.